The molecule has 0 saturated heterocycles. The summed E-state index contributed by atoms with van der Waals surface area (Å²) in [7, 11) is 1.34. The zero-order valence-corrected chi connectivity index (χ0v) is 9.89. The van der Waals surface area contributed by atoms with Gasteiger partial charge in [-0.2, -0.15) is 0 Å². The summed E-state index contributed by atoms with van der Waals surface area (Å²) >= 11 is 0. The Morgan fingerprint density at radius 1 is 1.29 bits per heavy atom. The number of carbonyl (C=O) groups excluding carboxylic acids is 2. The van der Waals surface area contributed by atoms with Crippen LogP contribution in [0.15, 0.2) is 30.3 Å². The second-order valence-electron chi connectivity index (χ2n) is 4.42. The van der Waals surface area contributed by atoms with Gasteiger partial charge in [-0.3, -0.25) is 9.59 Å². The van der Waals surface area contributed by atoms with Gasteiger partial charge in [-0.25, -0.2) is 0 Å². The lowest BCUT2D eigenvalue weighted by atomic mass is 9.77. The van der Waals surface area contributed by atoms with Crippen LogP contribution in [0.4, 0.5) is 0 Å². The number of methoxy groups -OCH3 is 1. The Labute approximate surface area is 101 Å². The van der Waals surface area contributed by atoms with Crippen LogP contribution in [0.5, 0.6) is 0 Å². The third-order valence-electron chi connectivity index (χ3n) is 3.40. The molecular formula is C14H16O3. The molecule has 17 heavy (non-hydrogen) atoms. The van der Waals surface area contributed by atoms with Crippen molar-refractivity contribution in [3.05, 3.63) is 35.9 Å². The van der Waals surface area contributed by atoms with Gasteiger partial charge in [0, 0.05) is 6.42 Å². The van der Waals surface area contributed by atoms with Crippen molar-refractivity contribution < 1.29 is 14.3 Å². The van der Waals surface area contributed by atoms with Crippen LogP contribution in [0.25, 0.3) is 0 Å². The molecule has 1 aliphatic rings. The molecule has 90 valence electrons. The molecule has 0 spiro atoms. The van der Waals surface area contributed by atoms with Gasteiger partial charge in [-0.15, -0.1) is 0 Å². The largest absolute Gasteiger partial charge is 0.468 e. The summed E-state index contributed by atoms with van der Waals surface area (Å²) in [6, 6.07) is 10.0. The minimum atomic E-state index is -0.570. The lowest BCUT2D eigenvalue weighted by Crippen LogP contribution is -2.31. The first kappa shape index (κ1) is 11.8. The standard InChI is InChI=1S/C14H16O3/c1-17-14(16)12-9-11(7-8-13(12)15)10-5-3-2-4-6-10/h2-6,11-12H,7-9H2,1H3/t11-,12-/m1/s1. The summed E-state index contributed by atoms with van der Waals surface area (Å²) in [5.74, 6) is -0.656. The molecular weight excluding hydrogens is 216 g/mol. The highest BCUT2D eigenvalue weighted by molar-refractivity contribution is 5.99. The number of esters is 1. The molecule has 1 aromatic rings. The number of hydrogen-bond acceptors (Lipinski definition) is 3. The summed E-state index contributed by atoms with van der Waals surface area (Å²) in [6.45, 7) is 0. The van der Waals surface area contributed by atoms with Gasteiger partial charge in [-0.1, -0.05) is 30.3 Å². The minimum absolute atomic E-state index is 0.0176. The predicted octanol–water partition coefficient (Wildman–Crippen LogP) is 2.31. The van der Waals surface area contributed by atoms with Crippen molar-refractivity contribution in [2.75, 3.05) is 7.11 Å². The van der Waals surface area contributed by atoms with Crippen LogP contribution in [0, 0.1) is 5.92 Å². The maximum Gasteiger partial charge on any atom is 0.316 e. The summed E-state index contributed by atoms with van der Waals surface area (Å²) in [5.41, 5.74) is 1.20. The fourth-order valence-electron chi connectivity index (χ4n) is 2.42. The number of benzene rings is 1. The highest BCUT2D eigenvalue weighted by Gasteiger charge is 2.34. The first-order valence-electron chi connectivity index (χ1n) is 5.88. The Morgan fingerprint density at radius 2 is 2.00 bits per heavy atom. The highest BCUT2D eigenvalue weighted by Crippen LogP contribution is 2.34. The lowest BCUT2D eigenvalue weighted by Gasteiger charge is -2.26. The second kappa shape index (κ2) is 5.13. The highest BCUT2D eigenvalue weighted by atomic mass is 16.5. The summed E-state index contributed by atoms with van der Waals surface area (Å²) in [4.78, 5) is 23.2. The van der Waals surface area contributed by atoms with Gasteiger partial charge in [0.1, 0.15) is 11.7 Å². The smallest absolute Gasteiger partial charge is 0.316 e. The van der Waals surface area contributed by atoms with Crippen molar-refractivity contribution in [1.29, 1.82) is 0 Å². The molecule has 3 nitrogen and oxygen atoms in total. The van der Waals surface area contributed by atoms with Crippen molar-refractivity contribution in [1.82, 2.24) is 0 Å². The maximum absolute atomic E-state index is 11.7. The molecule has 0 amide bonds. The van der Waals surface area contributed by atoms with Gasteiger partial charge in [0.05, 0.1) is 7.11 Å². The first-order chi connectivity index (χ1) is 8.22. The van der Waals surface area contributed by atoms with Crippen molar-refractivity contribution in [3.8, 4) is 0 Å². The SMILES string of the molecule is COC(=O)[C@@H]1C[C@H](c2ccccc2)CCC1=O. The van der Waals surface area contributed by atoms with E-state index in [1.807, 2.05) is 18.2 Å². The van der Waals surface area contributed by atoms with E-state index in [-0.39, 0.29) is 11.7 Å². The molecule has 2 atom stereocenters. The van der Waals surface area contributed by atoms with E-state index < -0.39 is 11.9 Å². The predicted molar refractivity (Wildman–Crippen MR) is 63.5 cm³/mol. The average molecular weight is 232 g/mol. The monoisotopic (exact) mass is 232 g/mol. The number of Topliss-reactive ketones (excluding diaryl/α,β-unsaturated/α-hetero) is 1. The molecule has 1 fully saturated rings. The Kier molecular flexibility index (Phi) is 3.57. The Bertz CT molecular complexity index is 403. The molecule has 1 saturated carbocycles. The zero-order chi connectivity index (χ0) is 12.3. The van der Waals surface area contributed by atoms with E-state index in [2.05, 4.69) is 16.9 Å². The van der Waals surface area contributed by atoms with Crippen LogP contribution in [0.1, 0.15) is 30.7 Å². The molecule has 0 N–H and O–H groups in total. The normalized spacial score (nSPS) is 24.4. The van der Waals surface area contributed by atoms with E-state index in [9.17, 15) is 9.59 Å². The van der Waals surface area contributed by atoms with Gasteiger partial charge in [0.15, 0.2) is 0 Å². The molecule has 0 aliphatic heterocycles. The fourth-order valence-corrected chi connectivity index (χ4v) is 2.42. The van der Waals surface area contributed by atoms with Crippen LogP contribution < -0.4 is 0 Å². The summed E-state index contributed by atoms with van der Waals surface area (Å²) < 4.78 is 4.68. The van der Waals surface area contributed by atoms with E-state index >= 15 is 0 Å². The average Bonchev–Trinajstić information content (AvgIpc) is 2.39. The van der Waals surface area contributed by atoms with Crippen LogP contribution in [-0.2, 0) is 14.3 Å². The van der Waals surface area contributed by atoms with Crippen LogP contribution >= 0.6 is 0 Å². The van der Waals surface area contributed by atoms with Crippen molar-refractivity contribution in [2.24, 2.45) is 5.92 Å². The van der Waals surface area contributed by atoms with Crippen molar-refractivity contribution in [2.45, 2.75) is 25.2 Å². The van der Waals surface area contributed by atoms with Crippen molar-refractivity contribution >= 4 is 11.8 Å². The van der Waals surface area contributed by atoms with Crippen LogP contribution in [0.2, 0.25) is 0 Å². The van der Waals surface area contributed by atoms with Crippen LogP contribution in [-0.4, -0.2) is 18.9 Å². The Morgan fingerprint density at radius 3 is 2.65 bits per heavy atom. The summed E-state index contributed by atoms with van der Waals surface area (Å²) in [6.07, 6.45) is 1.88. The van der Waals surface area contributed by atoms with E-state index in [4.69, 9.17) is 0 Å². The fraction of sp³-hybridized carbons (Fsp3) is 0.429. The zero-order valence-electron chi connectivity index (χ0n) is 9.89. The number of hydrogen-bond donors (Lipinski definition) is 0. The van der Waals surface area contributed by atoms with E-state index in [1.54, 1.807) is 0 Å². The van der Waals surface area contributed by atoms with E-state index in [1.165, 1.54) is 12.7 Å². The minimum Gasteiger partial charge on any atom is -0.468 e. The number of rotatable bonds is 2. The lowest BCUT2D eigenvalue weighted by molar-refractivity contribution is -0.150. The Balaban J connectivity index is 2.13. The summed E-state index contributed by atoms with van der Waals surface area (Å²) in [5, 5.41) is 0. The number of ketones is 1. The molecule has 2 rings (SSSR count). The molecule has 0 heterocycles. The van der Waals surface area contributed by atoms with E-state index in [0.717, 1.165) is 6.42 Å². The maximum atomic E-state index is 11.7. The number of carbonyl (C=O) groups is 2. The molecule has 0 unspecified atom stereocenters. The van der Waals surface area contributed by atoms with Gasteiger partial charge in [0.25, 0.3) is 0 Å². The van der Waals surface area contributed by atoms with Gasteiger partial charge in [-0.05, 0) is 24.3 Å². The molecule has 0 aromatic heterocycles. The van der Waals surface area contributed by atoms with Gasteiger partial charge >= 0.3 is 5.97 Å². The second-order valence-corrected chi connectivity index (χ2v) is 4.42. The molecule has 0 bridgehead atoms. The van der Waals surface area contributed by atoms with E-state index in [0.29, 0.717) is 12.8 Å². The van der Waals surface area contributed by atoms with Crippen molar-refractivity contribution in [3.63, 3.8) is 0 Å². The first-order valence-corrected chi connectivity index (χ1v) is 5.88. The van der Waals surface area contributed by atoms with Crippen LogP contribution in [0.3, 0.4) is 0 Å². The third-order valence-corrected chi connectivity index (χ3v) is 3.40. The quantitative estimate of drug-likeness (QED) is 0.580. The van der Waals surface area contributed by atoms with Gasteiger partial charge in [0.2, 0.25) is 0 Å². The topological polar surface area (TPSA) is 43.4 Å². The molecule has 1 aromatic carbocycles. The Hall–Kier alpha value is -1.64. The van der Waals surface area contributed by atoms with Gasteiger partial charge < -0.3 is 4.74 Å². The molecule has 1 aliphatic carbocycles. The molecule has 3 heteroatoms. The number of ether oxygens (including phenoxy) is 1. The molecule has 0 radical (unpaired) electrons. The third kappa shape index (κ3) is 2.54.